The number of nitrogens with one attached hydrogen (secondary N) is 1. The fourth-order valence-corrected chi connectivity index (χ4v) is 3.18. The molecule has 0 radical (unpaired) electrons. The van der Waals surface area contributed by atoms with Crippen LogP contribution in [0.2, 0.25) is 0 Å². The van der Waals surface area contributed by atoms with Crippen molar-refractivity contribution in [2.45, 2.75) is 12.8 Å². The Morgan fingerprint density at radius 2 is 1.85 bits per heavy atom. The van der Waals surface area contributed by atoms with E-state index >= 15 is 0 Å². The van der Waals surface area contributed by atoms with Crippen molar-refractivity contribution in [2.75, 3.05) is 7.11 Å². The lowest BCUT2D eigenvalue weighted by molar-refractivity contribution is -0.137. The largest absolute Gasteiger partial charge is 0.493 e. The van der Waals surface area contributed by atoms with E-state index in [4.69, 9.17) is 9.47 Å². The number of hydrogen-bond donors (Lipinski definition) is 1. The molecule has 0 saturated heterocycles. The highest BCUT2D eigenvalue weighted by atomic mass is 79.9. The van der Waals surface area contributed by atoms with Crippen LogP contribution in [0, 0.1) is 5.82 Å². The van der Waals surface area contributed by atoms with Crippen molar-refractivity contribution in [1.82, 2.24) is 5.43 Å². The molecule has 172 valence electrons. The molecular weight excluding hydrogens is 508 g/mol. The fourth-order valence-electron chi connectivity index (χ4n) is 2.75. The molecule has 0 aliphatic rings. The molecule has 0 aliphatic carbocycles. The van der Waals surface area contributed by atoms with E-state index in [2.05, 4.69) is 26.5 Å². The summed E-state index contributed by atoms with van der Waals surface area (Å²) >= 11 is 3.36. The van der Waals surface area contributed by atoms with Crippen LogP contribution in [0.25, 0.3) is 0 Å². The number of carbonyl (C=O) groups excluding carboxylic acids is 1. The Balaban J connectivity index is 1.71. The predicted molar refractivity (Wildman–Crippen MR) is 118 cm³/mol. The lowest BCUT2D eigenvalue weighted by atomic mass is 10.1. The van der Waals surface area contributed by atoms with E-state index < -0.39 is 23.5 Å². The van der Waals surface area contributed by atoms with E-state index in [9.17, 15) is 22.4 Å². The minimum atomic E-state index is -4.56. The summed E-state index contributed by atoms with van der Waals surface area (Å²) in [5.74, 6) is -0.515. The molecule has 3 rings (SSSR count). The summed E-state index contributed by atoms with van der Waals surface area (Å²) in [7, 11) is 1.43. The molecule has 0 saturated carbocycles. The first kappa shape index (κ1) is 24.2. The first-order valence-electron chi connectivity index (χ1n) is 9.43. The average Bonchev–Trinajstić information content (AvgIpc) is 2.79. The van der Waals surface area contributed by atoms with Crippen molar-refractivity contribution in [2.24, 2.45) is 5.10 Å². The second-order valence-corrected chi connectivity index (χ2v) is 7.54. The zero-order chi connectivity index (χ0) is 24.0. The highest BCUT2D eigenvalue weighted by Gasteiger charge is 2.30. The number of carbonyl (C=O) groups is 1. The second kappa shape index (κ2) is 10.5. The monoisotopic (exact) mass is 524 g/mol. The number of hydrogen-bond acceptors (Lipinski definition) is 4. The Hall–Kier alpha value is -3.40. The van der Waals surface area contributed by atoms with Crippen molar-refractivity contribution in [3.8, 4) is 11.5 Å². The fraction of sp³-hybridized carbons (Fsp3) is 0.130. The topological polar surface area (TPSA) is 59.9 Å². The molecule has 33 heavy (non-hydrogen) atoms. The zero-order valence-electron chi connectivity index (χ0n) is 17.1. The number of alkyl halides is 3. The molecule has 1 amide bonds. The molecule has 0 atom stereocenters. The normalized spacial score (nSPS) is 11.5. The van der Waals surface area contributed by atoms with Crippen LogP contribution in [0.15, 0.2) is 70.2 Å². The van der Waals surface area contributed by atoms with Gasteiger partial charge in [-0.25, -0.2) is 9.82 Å². The van der Waals surface area contributed by atoms with Gasteiger partial charge in [-0.1, -0.05) is 24.3 Å². The summed E-state index contributed by atoms with van der Waals surface area (Å²) in [6, 6.07) is 13.4. The maximum Gasteiger partial charge on any atom is 0.416 e. The quantitative estimate of drug-likeness (QED) is 0.235. The number of hydrazone groups is 1. The van der Waals surface area contributed by atoms with E-state index in [0.29, 0.717) is 27.1 Å². The maximum absolute atomic E-state index is 13.8. The molecule has 10 heteroatoms. The Morgan fingerprint density at radius 3 is 2.55 bits per heavy atom. The summed E-state index contributed by atoms with van der Waals surface area (Å²) in [6.45, 7) is -0.0179. The minimum Gasteiger partial charge on any atom is -0.493 e. The summed E-state index contributed by atoms with van der Waals surface area (Å²) in [4.78, 5) is 12.1. The van der Waals surface area contributed by atoms with Crippen molar-refractivity contribution >= 4 is 28.1 Å². The van der Waals surface area contributed by atoms with Crippen LogP contribution in [0.4, 0.5) is 17.6 Å². The smallest absolute Gasteiger partial charge is 0.416 e. The second-order valence-electron chi connectivity index (χ2n) is 6.68. The van der Waals surface area contributed by atoms with Crippen molar-refractivity contribution in [3.05, 3.63) is 93.2 Å². The van der Waals surface area contributed by atoms with Gasteiger partial charge in [0.2, 0.25) is 0 Å². The zero-order valence-corrected chi connectivity index (χ0v) is 18.7. The van der Waals surface area contributed by atoms with Crippen LogP contribution in [0.1, 0.15) is 27.0 Å². The van der Waals surface area contributed by atoms with Gasteiger partial charge in [-0.2, -0.15) is 18.3 Å². The van der Waals surface area contributed by atoms with Crippen LogP contribution < -0.4 is 14.9 Å². The third-order valence-corrected chi connectivity index (χ3v) is 5.13. The van der Waals surface area contributed by atoms with E-state index in [1.165, 1.54) is 25.5 Å². The molecule has 0 bridgehead atoms. The highest BCUT2D eigenvalue weighted by Crippen LogP contribution is 2.34. The number of amides is 1. The molecule has 3 aromatic rings. The average molecular weight is 525 g/mol. The van der Waals surface area contributed by atoms with Crippen LogP contribution in [0.3, 0.4) is 0 Å². The standard InChI is InChI=1S/C23H17BrF4N2O3/c1-32-20-10-16(18(24)11-21(20)33-13-15-5-2-3-8-19(15)25)12-29-30-22(31)14-6-4-7-17(9-14)23(26,27)28/h2-12H,13H2,1H3,(H,30,31)/b29-12-. The molecule has 5 nitrogen and oxygen atoms in total. The van der Waals surface area contributed by atoms with Crippen molar-refractivity contribution < 1.29 is 31.8 Å². The molecule has 0 aliphatic heterocycles. The Kier molecular flexibility index (Phi) is 7.70. The molecule has 1 N–H and O–H groups in total. The summed E-state index contributed by atoms with van der Waals surface area (Å²) in [6.07, 6.45) is -3.27. The van der Waals surface area contributed by atoms with Gasteiger partial charge in [-0.3, -0.25) is 4.79 Å². The van der Waals surface area contributed by atoms with Gasteiger partial charge in [0, 0.05) is 21.2 Å². The lowest BCUT2D eigenvalue weighted by Crippen LogP contribution is -2.18. The maximum atomic E-state index is 13.8. The molecule has 0 spiro atoms. The van der Waals surface area contributed by atoms with Gasteiger partial charge in [0.1, 0.15) is 12.4 Å². The number of nitrogens with zero attached hydrogens (tertiary/aromatic N) is 1. The summed E-state index contributed by atoms with van der Waals surface area (Å²) in [5, 5.41) is 3.80. The number of ether oxygens (including phenoxy) is 2. The SMILES string of the molecule is COc1cc(/C=N\NC(=O)c2cccc(C(F)(F)F)c2)c(Br)cc1OCc1ccccc1F. The van der Waals surface area contributed by atoms with E-state index in [-0.39, 0.29) is 12.2 Å². The van der Waals surface area contributed by atoms with Crippen LogP contribution >= 0.6 is 15.9 Å². The Labute approximate surface area is 195 Å². The first-order valence-corrected chi connectivity index (χ1v) is 10.2. The van der Waals surface area contributed by atoms with E-state index in [1.54, 1.807) is 30.3 Å². The number of halogens is 5. The molecule has 0 fully saturated rings. The Morgan fingerprint density at radius 1 is 1.09 bits per heavy atom. The third-order valence-electron chi connectivity index (χ3n) is 4.45. The molecule has 0 unspecified atom stereocenters. The number of methoxy groups -OCH3 is 1. The van der Waals surface area contributed by atoms with Gasteiger partial charge in [0.25, 0.3) is 5.91 Å². The number of rotatable bonds is 7. The molecule has 0 aromatic heterocycles. The van der Waals surface area contributed by atoms with E-state index in [1.807, 2.05) is 0 Å². The minimum absolute atomic E-state index is 0.0179. The van der Waals surface area contributed by atoms with Crippen molar-refractivity contribution in [3.63, 3.8) is 0 Å². The molecule has 3 aromatic carbocycles. The number of benzene rings is 3. The van der Waals surface area contributed by atoms with Gasteiger partial charge in [0.05, 0.1) is 18.9 Å². The van der Waals surface area contributed by atoms with Gasteiger partial charge in [-0.15, -0.1) is 0 Å². The molecular formula is C23H17BrF4N2O3. The van der Waals surface area contributed by atoms with E-state index in [0.717, 1.165) is 18.2 Å². The summed E-state index contributed by atoms with van der Waals surface area (Å²) < 4.78 is 63.8. The predicted octanol–water partition coefficient (Wildman–Crippen LogP) is 5.96. The van der Waals surface area contributed by atoms with Gasteiger partial charge >= 0.3 is 6.18 Å². The van der Waals surface area contributed by atoms with Crippen molar-refractivity contribution in [1.29, 1.82) is 0 Å². The van der Waals surface area contributed by atoms with Gasteiger partial charge in [0.15, 0.2) is 11.5 Å². The third kappa shape index (κ3) is 6.32. The first-order chi connectivity index (χ1) is 15.7. The Bertz CT molecular complexity index is 1180. The molecule has 0 heterocycles. The van der Waals surface area contributed by atoms with Crippen LogP contribution in [-0.4, -0.2) is 19.2 Å². The highest BCUT2D eigenvalue weighted by molar-refractivity contribution is 9.10. The lowest BCUT2D eigenvalue weighted by Gasteiger charge is -2.13. The van der Waals surface area contributed by atoms with Crippen LogP contribution in [0.5, 0.6) is 11.5 Å². The van der Waals surface area contributed by atoms with Gasteiger partial charge < -0.3 is 9.47 Å². The summed E-state index contributed by atoms with van der Waals surface area (Å²) in [5.41, 5.74) is 1.94. The van der Waals surface area contributed by atoms with Gasteiger partial charge in [-0.05, 0) is 52.3 Å². The van der Waals surface area contributed by atoms with Crippen LogP contribution in [-0.2, 0) is 12.8 Å².